The van der Waals surface area contributed by atoms with Crippen molar-refractivity contribution in [1.29, 1.82) is 0 Å². The molecule has 0 radical (unpaired) electrons. The maximum absolute atomic E-state index is 5.26. The molecule has 0 aromatic heterocycles. The van der Waals surface area contributed by atoms with Crippen LogP contribution in [0.4, 0.5) is 0 Å². The Morgan fingerprint density at radius 1 is 1.50 bits per heavy atom. The average Bonchev–Trinajstić information content (AvgIpc) is 2.00. The van der Waals surface area contributed by atoms with Gasteiger partial charge in [0.15, 0.2) is 0 Å². The van der Waals surface area contributed by atoms with Crippen molar-refractivity contribution in [3.63, 3.8) is 0 Å². The molecule has 0 fully saturated rings. The molecule has 0 rings (SSSR count). The highest BCUT2D eigenvalue weighted by atomic mass is 14.1. The van der Waals surface area contributed by atoms with Crippen molar-refractivity contribution in [2.24, 2.45) is 5.92 Å². The van der Waals surface area contributed by atoms with E-state index in [2.05, 4.69) is 26.7 Å². The predicted octanol–water partition coefficient (Wildman–Crippen LogP) is 3.00. The summed E-state index contributed by atoms with van der Waals surface area (Å²) in [6.45, 7) is 8.50. The van der Waals surface area contributed by atoms with Gasteiger partial charge in [0.05, 0.1) is 0 Å². The fourth-order valence-electron chi connectivity index (χ4n) is 0.790. The summed E-state index contributed by atoms with van der Waals surface area (Å²) in [6.07, 6.45) is 6.43. The normalized spacial score (nSPS) is 15.5. The second kappa shape index (κ2) is 4.17. The van der Waals surface area contributed by atoms with Crippen LogP contribution in [0.25, 0.3) is 0 Å². The van der Waals surface area contributed by atoms with Gasteiger partial charge < -0.3 is 0 Å². The minimum atomic E-state index is 0.635. The zero-order valence-corrected chi connectivity index (χ0v) is 7.36. The van der Waals surface area contributed by atoms with Crippen molar-refractivity contribution in [1.82, 2.24) is 0 Å². The summed E-state index contributed by atoms with van der Waals surface area (Å²) in [5, 5.41) is 0. The molecule has 1 atom stereocenters. The van der Waals surface area contributed by atoms with Crippen molar-refractivity contribution in [2.75, 3.05) is 0 Å². The highest BCUT2D eigenvalue weighted by Gasteiger charge is 2.02. The van der Waals surface area contributed by atoms with E-state index < -0.39 is 0 Å². The summed E-state index contributed by atoms with van der Waals surface area (Å²) < 4.78 is 0. The summed E-state index contributed by atoms with van der Waals surface area (Å²) >= 11 is 0. The molecule has 1 unspecified atom stereocenters. The Labute approximate surface area is 64.3 Å². The van der Waals surface area contributed by atoms with Crippen LogP contribution in [0.5, 0.6) is 0 Å². The Morgan fingerprint density at radius 3 is 2.30 bits per heavy atom. The molecule has 56 valence electrons. The van der Waals surface area contributed by atoms with Crippen LogP contribution in [0.1, 0.15) is 34.1 Å². The first kappa shape index (κ1) is 9.30. The topological polar surface area (TPSA) is 0 Å². The number of hydrogen-bond acceptors (Lipinski definition) is 0. The van der Waals surface area contributed by atoms with Crippen molar-refractivity contribution in [3.8, 4) is 12.3 Å². The zero-order valence-electron chi connectivity index (χ0n) is 7.36. The molecule has 0 aliphatic heterocycles. The Hall–Kier alpha value is -0.700. The summed E-state index contributed by atoms with van der Waals surface area (Å²) in [6, 6.07) is 0. The van der Waals surface area contributed by atoms with Crippen molar-refractivity contribution < 1.29 is 0 Å². The molecule has 0 aromatic rings. The lowest BCUT2D eigenvalue weighted by Gasteiger charge is -2.09. The van der Waals surface area contributed by atoms with Gasteiger partial charge in [-0.25, -0.2) is 0 Å². The Balaban J connectivity index is 4.34. The lowest BCUT2D eigenvalue weighted by Crippen LogP contribution is -1.95. The van der Waals surface area contributed by atoms with E-state index in [1.54, 1.807) is 0 Å². The van der Waals surface area contributed by atoms with Gasteiger partial charge in [-0.05, 0) is 31.8 Å². The first-order valence-electron chi connectivity index (χ1n) is 3.77. The molecule has 0 spiro atoms. The van der Waals surface area contributed by atoms with Gasteiger partial charge in [-0.2, -0.15) is 0 Å². The van der Waals surface area contributed by atoms with Crippen LogP contribution in [0, 0.1) is 18.3 Å². The van der Waals surface area contributed by atoms with Crippen LogP contribution in [-0.2, 0) is 0 Å². The van der Waals surface area contributed by atoms with Crippen molar-refractivity contribution in [3.05, 3.63) is 11.1 Å². The second-order valence-electron chi connectivity index (χ2n) is 2.76. The Kier molecular flexibility index (Phi) is 3.88. The largest absolute Gasteiger partial charge is 0.115 e. The second-order valence-corrected chi connectivity index (χ2v) is 2.76. The predicted molar refractivity (Wildman–Crippen MR) is 46.7 cm³/mol. The maximum atomic E-state index is 5.26. The van der Waals surface area contributed by atoms with Gasteiger partial charge in [-0.1, -0.05) is 25.3 Å². The van der Waals surface area contributed by atoms with Crippen LogP contribution in [0.2, 0.25) is 0 Å². The molecule has 0 aliphatic carbocycles. The third-order valence-electron chi connectivity index (χ3n) is 2.16. The molecule has 0 heterocycles. The third-order valence-corrected chi connectivity index (χ3v) is 2.16. The molecule has 0 heteroatoms. The highest BCUT2D eigenvalue weighted by Crippen LogP contribution is 2.16. The molecule has 0 nitrogen and oxygen atoms in total. The van der Waals surface area contributed by atoms with Gasteiger partial charge in [0, 0.05) is 0 Å². The van der Waals surface area contributed by atoms with Gasteiger partial charge >= 0.3 is 0 Å². The first-order chi connectivity index (χ1) is 4.63. The van der Waals surface area contributed by atoms with Crippen LogP contribution in [0.3, 0.4) is 0 Å². The van der Waals surface area contributed by atoms with Crippen molar-refractivity contribution in [2.45, 2.75) is 34.1 Å². The first-order valence-corrected chi connectivity index (χ1v) is 3.77. The summed E-state index contributed by atoms with van der Waals surface area (Å²) in [7, 11) is 0. The van der Waals surface area contributed by atoms with Gasteiger partial charge in [-0.15, -0.1) is 6.42 Å². The maximum Gasteiger partial charge on any atom is -0.00215 e. The lowest BCUT2D eigenvalue weighted by molar-refractivity contribution is 0.651. The van der Waals surface area contributed by atoms with E-state index in [1.165, 1.54) is 12.0 Å². The van der Waals surface area contributed by atoms with E-state index in [9.17, 15) is 0 Å². The number of rotatable bonds is 2. The summed E-state index contributed by atoms with van der Waals surface area (Å²) in [5.41, 5.74) is 2.44. The van der Waals surface area contributed by atoms with E-state index in [4.69, 9.17) is 6.42 Å². The van der Waals surface area contributed by atoms with E-state index in [0.29, 0.717) is 5.92 Å². The smallest absolute Gasteiger partial charge is 0.00215 e. The molecule has 0 N–H and O–H groups in total. The number of allylic oxidation sites excluding steroid dienone is 2. The third kappa shape index (κ3) is 2.27. The molecule has 0 saturated heterocycles. The van der Waals surface area contributed by atoms with E-state index in [0.717, 1.165) is 5.57 Å². The molecule has 0 bridgehead atoms. The minimum Gasteiger partial charge on any atom is -0.115 e. The standard InChI is InChI=1S/C10H16/c1-6-8(3)10(5)9(4)7-2/h1,9H,7H2,2-5H3. The van der Waals surface area contributed by atoms with Gasteiger partial charge in [0.25, 0.3) is 0 Å². The molecule has 0 saturated carbocycles. The van der Waals surface area contributed by atoms with Crippen LogP contribution < -0.4 is 0 Å². The lowest BCUT2D eigenvalue weighted by atomic mass is 9.96. The molecule has 0 aromatic carbocycles. The van der Waals surface area contributed by atoms with Gasteiger partial charge in [0.2, 0.25) is 0 Å². The number of terminal acetylenes is 1. The van der Waals surface area contributed by atoms with Gasteiger partial charge in [0.1, 0.15) is 0 Å². The summed E-state index contributed by atoms with van der Waals surface area (Å²) in [5.74, 6) is 3.29. The average molecular weight is 136 g/mol. The quantitative estimate of drug-likeness (QED) is 0.512. The van der Waals surface area contributed by atoms with Crippen molar-refractivity contribution >= 4 is 0 Å². The monoisotopic (exact) mass is 136 g/mol. The molecular weight excluding hydrogens is 120 g/mol. The van der Waals surface area contributed by atoms with E-state index >= 15 is 0 Å². The zero-order chi connectivity index (χ0) is 8.15. The van der Waals surface area contributed by atoms with Crippen LogP contribution in [-0.4, -0.2) is 0 Å². The van der Waals surface area contributed by atoms with Gasteiger partial charge in [-0.3, -0.25) is 0 Å². The highest BCUT2D eigenvalue weighted by molar-refractivity contribution is 5.28. The SMILES string of the molecule is C#CC(C)=C(C)C(C)CC. The minimum absolute atomic E-state index is 0.635. The number of hydrogen-bond donors (Lipinski definition) is 0. The van der Waals surface area contributed by atoms with Crippen LogP contribution in [0.15, 0.2) is 11.1 Å². The van der Waals surface area contributed by atoms with E-state index in [-0.39, 0.29) is 0 Å². The van der Waals surface area contributed by atoms with E-state index in [1.807, 2.05) is 6.92 Å². The molecule has 0 amide bonds. The molecular formula is C10H16. The molecule has 10 heavy (non-hydrogen) atoms. The Morgan fingerprint density at radius 2 is 2.00 bits per heavy atom. The molecule has 0 aliphatic rings. The fourth-order valence-corrected chi connectivity index (χ4v) is 0.790. The summed E-state index contributed by atoms with van der Waals surface area (Å²) in [4.78, 5) is 0. The van der Waals surface area contributed by atoms with Crippen LogP contribution >= 0.6 is 0 Å². The Bertz CT molecular complexity index is 167. The fraction of sp³-hybridized carbons (Fsp3) is 0.600.